The Balaban J connectivity index is 1.77. The molecule has 4 atom stereocenters. The number of aliphatic hydroxyl groups is 1. The van der Waals surface area contributed by atoms with Crippen LogP contribution in [0.15, 0.2) is 24.3 Å². The lowest BCUT2D eigenvalue weighted by Gasteiger charge is -2.37. The van der Waals surface area contributed by atoms with Gasteiger partial charge < -0.3 is 33.5 Å². The zero-order valence-electron chi connectivity index (χ0n) is 17.8. The summed E-state index contributed by atoms with van der Waals surface area (Å²) < 4.78 is 41.4. The molecule has 1 aliphatic carbocycles. The van der Waals surface area contributed by atoms with Crippen LogP contribution in [-0.4, -0.2) is 45.8 Å². The first-order chi connectivity index (χ1) is 14.9. The summed E-state index contributed by atoms with van der Waals surface area (Å²) in [4.78, 5) is 12.8. The molecule has 2 aromatic rings. The Morgan fingerprint density at radius 1 is 0.967 bits per heavy atom. The lowest BCUT2D eigenvalue weighted by molar-refractivity contribution is -0.141. The number of benzene rings is 2. The maximum Gasteiger partial charge on any atom is 0.310 e. The van der Waals surface area contributed by atoms with E-state index in [-0.39, 0.29) is 13.4 Å². The molecule has 1 N–H and O–H groups in total. The van der Waals surface area contributed by atoms with Crippen LogP contribution in [0.2, 0.25) is 0 Å². The maximum atomic E-state index is 12.8. The van der Waals surface area contributed by atoms with Crippen molar-refractivity contribution < 1.29 is 39.7 Å². The molecule has 0 saturated carbocycles. The van der Waals surface area contributed by atoms with Crippen LogP contribution in [-0.2, 0) is 9.53 Å². The third-order valence-electron chi connectivity index (χ3n) is 6.02. The van der Waals surface area contributed by atoms with Crippen molar-refractivity contribution in [2.45, 2.75) is 12.0 Å². The van der Waals surface area contributed by atoms with E-state index in [9.17, 15) is 9.90 Å². The number of rotatable bonds is 4. The molecule has 5 rings (SSSR count). The highest BCUT2D eigenvalue weighted by Crippen LogP contribution is 2.55. The number of esters is 1. The van der Waals surface area contributed by atoms with Gasteiger partial charge in [-0.25, -0.2) is 0 Å². The SMILES string of the molecule is [2H][C@]1(O)c2cc3c(cc2[C@@H](c2cc(OC)c(OC)c(OC)c2)[C@@H]2C(=O)OC[C@@H]21)OCO3. The first kappa shape index (κ1) is 17.7. The molecule has 0 amide bonds. The van der Waals surface area contributed by atoms with Gasteiger partial charge in [-0.3, -0.25) is 4.79 Å². The molecule has 158 valence electrons. The number of ether oxygens (including phenoxy) is 6. The quantitative estimate of drug-likeness (QED) is 0.761. The molecule has 30 heavy (non-hydrogen) atoms. The number of hydrogen-bond donors (Lipinski definition) is 1. The van der Waals surface area contributed by atoms with E-state index in [2.05, 4.69) is 0 Å². The van der Waals surface area contributed by atoms with Crippen LogP contribution in [0.3, 0.4) is 0 Å². The third-order valence-corrected chi connectivity index (χ3v) is 6.02. The predicted octanol–water partition coefficient (Wildman–Crippen LogP) is 2.41. The standard InChI is InChI=1S/C22H22O8/c1-25-16-4-10(5-17(26-2)21(16)27-3)18-11-6-14-15(30-9-29-14)7-12(11)20(23)13-8-28-22(24)19(13)18/h4-7,13,18-20,23H,8-9H2,1-3H3/t13-,18+,19+,20-/m0/s1/i20D. The maximum absolute atomic E-state index is 12.8. The fourth-order valence-corrected chi connectivity index (χ4v) is 4.65. The molecule has 1 fully saturated rings. The average molecular weight is 415 g/mol. The number of carbonyl (C=O) groups is 1. The predicted molar refractivity (Wildman–Crippen MR) is 103 cm³/mol. The molecule has 1 saturated heterocycles. The molecular weight excluding hydrogens is 392 g/mol. The van der Waals surface area contributed by atoms with Crippen molar-refractivity contribution in [3.63, 3.8) is 0 Å². The lowest BCUT2D eigenvalue weighted by Crippen LogP contribution is -2.34. The van der Waals surface area contributed by atoms with Crippen molar-refractivity contribution in [3.05, 3.63) is 41.0 Å². The molecule has 0 unspecified atom stereocenters. The third kappa shape index (κ3) is 2.60. The molecule has 0 spiro atoms. The van der Waals surface area contributed by atoms with Gasteiger partial charge in [0.15, 0.2) is 23.0 Å². The van der Waals surface area contributed by atoms with Gasteiger partial charge in [-0.2, -0.15) is 0 Å². The van der Waals surface area contributed by atoms with E-state index in [1.807, 2.05) is 0 Å². The fraction of sp³-hybridized carbons (Fsp3) is 0.409. The van der Waals surface area contributed by atoms with Gasteiger partial charge in [-0.15, -0.1) is 0 Å². The minimum Gasteiger partial charge on any atom is -0.493 e. The summed E-state index contributed by atoms with van der Waals surface area (Å²) in [5.41, 5.74) is 1.66. The number of methoxy groups -OCH3 is 3. The number of carbonyl (C=O) groups excluding carboxylic acids is 1. The van der Waals surface area contributed by atoms with E-state index in [1.165, 1.54) is 21.3 Å². The summed E-state index contributed by atoms with van der Waals surface area (Å²) >= 11 is 0. The van der Waals surface area contributed by atoms with Crippen molar-refractivity contribution in [1.82, 2.24) is 0 Å². The highest BCUT2D eigenvalue weighted by molar-refractivity contribution is 5.79. The van der Waals surface area contributed by atoms with E-state index >= 15 is 0 Å². The van der Waals surface area contributed by atoms with Crippen LogP contribution < -0.4 is 23.7 Å². The smallest absolute Gasteiger partial charge is 0.310 e. The van der Waals surface area contributed by atoms with E-state index in [1.54, 1.807) is 24.3 Å². The Labute approximate surface area is 174 Å². The van der Waals surface area contributed by atoms with Crippen molar-refractivity contribution in [3.8, 4) is 28.7 Å². The van der Waals surface area contributed by atoms with E-state index in [0.29, 0.717) is 45.4 Å². The molecule has 0 bridgehead atoms. The molecule has 3 aliphatic rings. The average Bonchev–Trinajstić information content (AvgIpc) is 3.39. The largest absolute Gasteiger partial charge is 0.493 e. The summed E-state index contributed by atoms with van der Waals surface area (Å²) in [6.45, 7) is 0.0106. The Kier molecular flexibility index (Phi) is 4.12. The van der Waals surface area contributed by atoms with Crippen LogP contribution in [0.1, 0.15) is 30.1 Å². The summed E-state index contributed by atoms with van der Waals surface area (Å²) in [5.74, 6) is -0.245. The van der Waals surface area contributed by atoms with E-state index in [4.69, 9.17) is 29.8 Å². The molecule has 2 heterocycles. The van der Waals surface area contributed by atoms with Crippen LogP contribution in [0.4, 0.5) is 0 Å². The zero-order chi connectivity index (χ0) is 21.9. The highest BCUT2D eigenvalue weighted by Gasteiger charge is 2.52. The minimum atomic E-state index is -2.02. The second-order valence-corrected chi connectivity index (χ2v) is 7.38. The minimum absolute atomic E-state index is 0.0433. The second-order valence-electron chi connectivity index (χ2n) is 7.38. The Morgan fingerprint density at radius 3 is 2.20 bits per heavy atom. The van der Waals surface area contributed by atoms with Crippen LogP contribution in [0, 0.1) is 11.8 Å². The van der Waals surface area contributed by atoms with Crippen molar-refractivity contribution >= 4 is 5.97 Å². The molecule has 2 aliphatic heterocycles. The zero-order valence-corrected chi connectivity index (χ0v) is 16.8. The van der Waals surface area contributed by atoms with Gasteiger partial charge in [0, 0.05) is 11.8 Å². The fourth-order valence-electron chi connectivity index (χ4n) is 4.65. The Morgan fingerprint density at radius 2 is 1.60 bits per heavy atom. The Hall–Kier alpha value is -3.13. The van der Waals surface area contributed by atoms with Gasteiger partial charge >= 0.3 is 5.97 Å². The van der Waals surface area contributed by atoms with Gasteiger partial charge in [-0.1, -0.05) is 0 Å². The van der Waals surface area contributed by atoms with Crippen LogP contribution in [0.25, 0.3) is 0 Å². The number of hydrogen-bond acceptors (Lipinski definition) is 8. The van der Waals surface area contributed by atoms with Crippen LogP contribution >= 0.6 is 0 Å². The molecule has 8 nitrogen and oxygen atoms in total. The topological polar surface area (TPSA) is 92.7 Å². The molecule has 8 heteroatoms. The van der Waals surface area contributed by atoms with Crippen molar-refractivity contribution in [2.75, 3.05) is 34.7 Å². The van der Waals surface area contributed by atoms with Gasteiger partial charge in [0.1, 0.15) is 0 Å². The second kappa shape index (κ2) is 6.98. The molecule has 2 aromatic carbocycles. The summed E-state index contributed by atoms with van der Waals surface area (Å²) in [5, 5.41) is 11.2. The number of cyclic esters (lactones) is 1. The highest BCUT2D eigenvalue weighted by atomic mass is 16.7. The summed E-state index contributed by atoms with van der Waals surface area (Å²) in [7, 11) is 4.55. The first-order valence-corrected chi connectivity index (χ1v) is 9.53. The van der Waals surface area contributed by atoms with E-state index in [0.717, 1.165) is 0 Å². The lowest BCUT2D eigenvalue weighted by atomic mass is 9.66. The molecule has 0 aromatic heterocycles. The molecular formula is C22H22O8. The van der Waals surface area contributed by atoms with Crippen LogP contribution in [0.5, 0.6) is 28.7 Å². The van der Waals surface area contributed by atoms with Gasteiger partial charge in [-0.05, 0) is 41.0 Å². The Bertz CT molecular complexity index is 1040. The number of fused-ring (bicyclic) bond motifs is 3. The van der Waals surface area contributed by atoms with Crippen molar-refractivity contribution in [1.29, 1.82) is 0 Å². The van der Waals surface area contributed by atoms with Gasteiger partial charge in [0.05, 0.1) is 41.3 Å². The summed E-state index contributed by atoms with van der Waals surface area (Å²) in [6, 6.07) is 6.90. The monoisotopic (exact) mass is 415 g/mol. The van der Waals surface area contributed by atoms with E-state index < -0.39 is 29.8 Å². The molecule has 0 radical (unpaired) electrons. The van der Waals surface area contributed by atoms with Crippen molar-refractivity contribution in [2.24, 2.45) is 11.8 Å². The normalized spacial score (nSPS) is 28.9. The first-order valence-electron chi connectivity index (χ1n) is 10.0. The summed E-state index contributed by atoms with van der Waals surface area (Å²) in [6.07, 6.45) is -2.02. The van der Waals surface area contributed by atoms with Gasteiger partial charge in [0.25, 0.3) is 0 Å². The van der Waals surface area contributed by atoms with Gasteiger partial charge in [0.2, 0.25) is 12.5 Å².